The molecule has 0 fully saturated rings. The molecule has 0 aromatic rings. The molecular formula is C66H121NO11Si3. The topological polar surface area (TPSA) is 136 Å². The van der Waals surface area contributed by atoms with Gasteiger partial charge in [-0.15, -0.1) is 0 Å². The molecule has 0 aromatic heterocycles. The second kappa shape index (κ2) is 39.8. The number of methoxy groups -OCH3 is 2. The third kappa shape index (κ3) is 25.4. The van der Waals surface area contributed by atoms with Gasteiger partial charge in [0.15, 0.2) is 25.0 Å². The van der Waals surface area contributed by atoms with E-state index in [9.17, 15) is 19.2 Å². The van der Waals surface area contributed by atoms with Gasteiger partial charge in [0.05, 0.1) is 36.4 Å². The number of amides is 1. The average Bonchev–Trinajstić information content (AvgIpc) is 3.47. The summed E-state index contributed by atoms with van der Waals surface area (Å²) in [6, 6.07) is 9.19. The Labute approximate surface area is 499 Å². The van der Waals surface area contributed by atoms with Gasteiger partial charge in [0, 0.05) is 71.1 Å². The summed E-state index contributed by atoms with van der Waals surface area (Å²) in [5.74, 6) is -1.44. The van der Waals surface area contributed by atoms with Crippen LogP contribution in [0.2, 0.25) is 54.4 Å². The molecule has 14 atom stereocenters. The number of esters is 2. The van der Waals surface area contributed by atoms with Gasteiger partial charge >= 0.3 is 11.9 Å². The van der Waals surface area contributed by atoms with E-state index in [2.05, 4.69) is 128 Å². The maximum atomic E-state index is 14.2. The van der Waals surface area contributed by atoms with Gasteiger partial charge in [-0.25, -0.2) is 4.79 Å². The summed E-state index contributed by atoms with van der Waals surface area (Å²) < 4.78 is 47.2. The van der Waals surface area contributed by atoms with Crippen molar-refractivity contribution in [3.8, 4) is 0 Å². The Morgan fingerprint density at radius 3 is 1.88 bits per heavy atom. The van der Waals surface area contributed by atoms with E-state index in [4.69, 9.17) is 32.2 Å². The van der Waals surface area contributed by atoms with E-state index in [0.29, 0.717) is 31.6 Å². The Bertz CT molecular complexity index is 1920. The summed E-state index contributed by atoms with van der Waals surface area (Å²) >= 11 is 0. The minimum atomic E-state index is -2.25. The zero-order valence-corrected chi connectivity index (χ0v) is 58.3. The van der Waals surface area contributed by atoms with Crippen molar-refractivity contribution in [2.75, 3.05) is 21.3 Å². The molecule has 0 unspecified atom stereocenters. The second-order valence-corrected chi connectivity index (χ2v) is 38.5. The zero-order chi connectivity index (χ0) is 61.5. The van der Waals surface area contributed by atoms with Crippen LogP contribution in [0.25, 0.3) is 0 Å². The van der Waals surface area contributed by atoms with Gasteiger partial charge in [-0.05, 0) is 123 Å². The molecule has 1 aliphatic heterocycles. The molecule has 0 bridgehead atoms. The lowest BCUT2D eigenvalue weighted by Crippen LogP contribution is -2.50. The highest BCUT2D eigenvalue weighted by Gasteiger charge is 2.43. The molecule has 81 heavy (non-hydrogen) atoms. The lowest BCUT2D eigenvalue weighted by Gasteiger charge is -2.44. The van der Waals surface area contributed by atoms with Crippen LogP contribution in [0.3, 0.4) is 0 Å². The van der Waals surface area contributed by atoms with Crippen molar-refractivity contribution in [1.29, 1.82) is 0 Å². The summed E-state index contributed by atoms with van der Waals surface area (Å²) in [4.78, 5) is 53.4. The number of rotatable bonds is 30. The molecule has 0 aliphatic carbocycles. The van der Waals surface area contributed by atoms with Crippen LogP contribution in [0.5, 0.6) is 0 Å². The van der Waals surface area contributed by atoms with Gasteiger partial charge in [0.1, 0.15) is 18.0 Å². The number of hydrogen-bond acceptors (Lipinski definition) is 11. The van der Waals surface area contributed by atoms with Crippen molar-refractivity contribution in [2.45, 2.75) is 273 Å². The van der Waals surface area contributed by atoms with Crippen LogP contribution >= 0.6 is 0 Å². The Morgan fingerprint density at radius 1 is 0.765 bits per heavy atom. The SMILES string of the molecule is CC[Si](CC)(CC)O[C@H]([C@H](C)[C@@H]1C/C=C/[C@H](OC)C[C@H](C)C/C=C(\C)[C@@H](OC)CC[C@@H](C)[C@@H](O[Si](CC)(CC)CC)[C@H](C)[C@H](O[Si](CC)(CC)CC)C/C=C/C=C/C(=O)O1)[C@@H](C)CCC(=O)[C@H](C)[C@H](OC(C)=O)[C@H](C)/C=C/N(C)C=O. The van der Waals surface area contributed by atoms with Gasteiger partial charge in [-0.2, -0.15) is 0 Å². The molecule has 0 aromatic carbocycles. The fourth-order valence-electron chi connectivity index (χ4n) is 12.1. The van der Waals surface area contributed by atoms with Crippen LogP contribution in [0, 0.1) is 41.4 Å². The van der Waals surface area contributed by atoms with E-state index in [1.54, 1.807) is 32.5 Å². The van der Waals surface area contributed by atoms with Gasteiger partial charge < -0.3 is 37.1 Å². The molecule has 0 saturated heterocycles. The van der Waals surface area contributed by atoms with Gasteiger partial charge in [-0.3, -0.25) is 14.4 Å². The van der Waals surface area contributed by atoms with Gasteiger partial charge in [-0.1, -0.05) is 153 Å². The number of ether oxygens (including phenoxy) is 4. The number of cyclic esters (lactones) is 1. The molecule has 0 radical (unpaired) electrons. The average molecular weight is 1190 g/mol. The molecule has 15 heteroatoms. The van der Waals surface area contributed by atoms with E-state index < -0.39 is 55.0 Å². The normalized spacial score (nSPS) is 27.0. The lowest BCUT2D eigenvalue weighted by atomic mass is 9.83. The maximum absolute atomic E-state index is 14.2. The highest BCUT2D eigenvalue weighted by Crippen LogP contribution is 2.38. The van der Waals surface area contributed by atoms with Crippen LogP contribution in [-0.2, 0) is 51.4 Å². The Hall–Kier alpha value is -2.77. The Morgan fingerprint density at radius 2 is 1.35 bits per heavy atom. The largest absolute Gasteiger partial charge is 0.461 e. The number of carbonyl (C=O) groups excluding carboxylic acids is 4. The first kappa shape index (κ1) is 76.2. The summed E-state index contributed by atoms with van der Waals surface area (Å²) in [6.07, 6.45) is 21.9. The van der Waals surface area contributed by atoms with Crippen molar-refractivity contribution in [1.82, 2.24) is 4.90 Å². The van der Waals surface area contributed by atoms with Crippen LogP contribution in [0.1, 0.15) is 176 Å². The third-order valence-corrected chi connectivity index (χ3v) is 33.0. The Kier molecular flexibility index (Phi) is 37.4. The van der Waals surface area contributed by atoms with Gasteiger partial charge in [0.2, 0.25) is 6.41 Å². The van der Waals surface area contributed by atoms with Crippen molar-refractivity contribution in [3.05, 3.63) is 60.4 Å². The summed E-state index contributed by atoms with van der Waals surface area (Å²) in [5, 5.41) is 0. The molecular weight excluding hydrogens is 1070 g/mol. The number of Topliss-reactive ketones (excluding diaryl/α,β-unsaturated/α-hetero) is 1. The molecule has 1 amide bonds. The highest BCUT2D eigenvalue weighted by atomic mass is 28.4. The van der Waals surface area contributed by atoms with Crippen molar-refractivity contribution < 1.29 is 51.4 Å². The summed E-state index contributed by atoms with van der Waals surface area (Å²) in [5.41, 5.74) is 1.25. The van der Waals surface area contributed by atoms with E-state index in [1.165, 1.54) is 23.5 Å². The predicted molar refractivity (Wildman–Crippen MR) is 343 cm³/mol. The second-order valence-electron chi connectivity index (χ2n) is 24.3. The van der Waals surface area contributed by atoms with E-state index in [1.807, 2.05) is 27.0 Å². The quantitative estimate of drug-likeness (QED) is 0.0294. The standard InChI is InChI=1S/C66H121NO11Si3/c1-22-79(23-2,24-3)76-62-36-32-31-33-38-63(71)75-61(37-34-35-58(72-20)47-49(10)39-40-50(11)60(73-21)44-42-52(13)66(56(62)17)78-81(28-7,29-8)30-9)55(16)65(77-80(25-4,26-5)27-6)51(12)41-43-59(70)54(15)64(74-57(18)69)53(14)45-46-67(19)48-68/h31-35,38,40,45-46,48-49,51-56,58,60-62,64-66H,22-30,36-37,39,41-44,47H2,1-21H3/b32-31+,35-34+,38-33+,46-45+,50-40+/t49-,51+,52-,53-,54+,55-,56-,58+,60+,61+,62-,64-,65+,66-/m1/s1. The smallest absolute Gasteiger partial charge is 0.331 e. The highest BCUT2D eigenvalue weighted by molar-refractivity contribution is 6.74. The molecule has 0 N–H and O–H groups in total. The Balaban J connectivity index is 4.03. The number of allylic oxidation sites excluding steroid dienone is 3. The summed E-state index contributed by atoms with van der Waals surface area (Å²) in [6.45, 7) is 39.1. The number of ketones is 1. The minimum Gasteiger partial charge on any atom is -0.461 e. The summed E-state index contributed by atoms with van der Waals surface area (Å²) in [7, 11) is -1.11. The number of nitrogens with zero attached hydrogens (tertiary/aromatic N) is 1. The molecule has 1 heterocycles. The van der Waals surface area contributed by atoms with Crippen LogP contribution in [-0.4, -0.2) is 118 Å². The molecule has 0 spiro atoms. The molecule has 1 rings (SSSR count). The van der Waals surface area contributed by atoms with Crippen LogP contribution < -0.4 is 0 Å². The number of hydrogen-bond donors (Lipinski definition) is 0. The minimum absolute atomic E-state index is 0.00680. The maximum Gasteiger partial charge on any atom is 0.331 e. The van der Waals surface area contributed by atoms with E-state index in [-0.39, 0.29) is 72.3 Å². The van der Waals surface area contributed by atoms with Crippen LogP contribution in [0.4, 0.5) is 0 Å². The molecule has 468 valence electrons. The van der Waals surface area contributed by atoms with Crippen molar-refractivity contribution >= 4 is 49.1 Å². The molecule has 0 saturated carbocycles. The molecule has 12 nitrogen and oxygen atoms in total. The fraction of sp³-hybridized carbons (Fsp3) is 0.788. The van der Waals surface area contributed by atoms with Gasteiger partial charge in [0.25, 0.3) is 0 Å². The fourth-order valence-corrected chi connectivity index (χ4v) is 21.1. The van der Waals surface area contributed by atoms with E-state index >= 15 is 0 Å². The monoisotopic (exact) mass is 1190 g/mol. The number of carbonyl (C=O) groups is 4. The van der Waals surface area contributed by atoms with Crippen LogP contribution in [0.15, 0.2) is 60.4 Å². The lowest BCUT2D eigenvalue weighted by molar-refractivity contribution is -0.153. The third-order valence-electron chi connectivity index (χ3n) is 19.1. The first-order valence-electron chi connectivity index (χ1n) is 31.9. The molecule has 1 aliphatic rings. The van der Waals surface area contributed by atoms with E-state index in [0.717, 1.165) is 80.1 Å². The first-order valence-corrected chi connectivity index (χ1v) is 39.5. The van der Waals surface area contributed by atoms with Crippen molar-refractivity contribution in [2.24, 2.45) is 41.4 Å². The van der Waals surface area contributed by atoms with Crippen molar-refractivity contribution in [3.63, 3.8) is 0 Å². The zero-order valence-electron chi connectivity index (χ0n) is 55.3. The predicted octanol–water partition coefficient (Wildman–Crippen LogP) is 16.4. The first-order chi connectivity index (χ1) is 38.4.